The lowest BCUT2D eigenvalue weighted by atomic mass is 9.96. The normalized spacial score (nSPS) is 11.5. The van der Waals surface area contributed by atoms with Gasteiger partial charge in [-0.2, -0.15) is 0 Å². The van der Waals surface area contributed by atoms with E-state index in [1.807, 2.05) is 0 Å². The topological polar surface area (TPSA) is 9.86 Å². The first-order chi connectivity index (χ1) is 23.7. The van der Waals surface area contributed by atoms with Crippen LogP contribution in [-0.4, -0.2) is 9.13 Å². The molecule has 0 N–H and O–H groups in total. The van der Waals surface area contributed by atoms with Gasteiger partial charge in [0.15, 0.2) is 0 Å². The van der Waals surface area contributed by atoms with Crippen LogP contribution in [0.1, 0.15) is 5.56 Å². The summed E-state index contributed by atoms with van der Waals surface area (Å²) in [5.74, 6) is 0. The standard InChI is InChI=1S/C45H31BrN2/c46-40-22-12-10-18-35(40)30-47-41-26-24-34(29-39(41)44(31-14-4-1-5-15-31)45(47)32-16-6-2-7-17-32)33-25-27-43-38(28-33)37-21-11-13-23-42(37)48(43)36-19-8-3-9-20-36/h1-29H,30H2. The average Bonchev–Trinajstić information content (AvgIpc) is 3.65. The number of benzene rings is 7. The second kappa shape index (κ2) is 11.9. The molecule has 3 heteroatoms. The summed E-state index contributed by atoms with van der Waals surface area (Å²) in [4.78, 5) is 0. The SMILES string of the molecule is Brc1ccccc1Cn1c(-c2ccccc2)c(-c2ccccc2)c2cc(-c3ccc4c(c3)c3ccccc3n4-c3ccccc3)ccc21. The maximum absolute atomic E-state index is 3.83. The first kappa shape index (κ1) is 28.6. The minimum absolute atomic E-state index is 0.749. The summed E-state index contributed by atoms with van der Waals surface area (Å²) < 4.78 is 5.99. The summed E-state index contributed by atoms with van der Waals surface area (Å²) in [5.41, 5.74) is 13.4. The number of nitrogens with zero attached hydrogens (tertiary/aromatic N) is 2. The molecule has 0 aliphatic rings. The number of rotatable bonds is 6. The lowest BCUT2D eigenvalue weighted by Crippen LogP contribution is -2.03. The quantitative estimate of drug-likeness (QED) is 0.166. The zero-order valence-electron chi connectivity index (χ0n) is 26.2. The van der Waals surface area contributed by atoms with Crippen LogP contribution in [0.4, 0.5) is 0 Å². The van der Waals surface area contributed by atoms with Gasteiger partial charge in [0.25, 0.3) is 0 Å². The Bertz CT molecular complexity index is 2580. The van der Waals surface area contributed by atoms with Gasteiger partial charge in [-0.05, 0) is 76.3 Å². The third-order valence-corrected chi connectivity index (χ3v) is 10.3. The lowest BCUT2D eigenvalue weighted by molar-refractivity contribution is 0.841. The molecule has 0 radical (unpaired) electrons. The largest absolute Gasteiger partial charge is 0.335 e. The van der Waals surface area contributed by atoms with E-state index < -0.39 is 0 Å². The summed E-state index contributed by atoms with van der Waals surface area (Å²) in [7, 11) is 0. The molecule has 0 saturated heterocycles. The van der Waals surface area contributed by atoms with Crippen molar-refractivity contribution in [3.63, 3.8) is 0 Å². The Kier molecular flexibility index (Phi) is 7.06. The molecule has 0 saturated carbocycles. The van der Waals surface area contributed by atoms with E-state index in [9.17, 15) is 0 Å². The van der Waals surface area contributed by atoms with Crippen LogP contribution in [-0.2, 0) is 6.54 Å². The van der Waals surface area contributed by atoms with Crippen LogP contribution < -0.4 is 0 Å². The Morgan fingerprint density at radius 1 is 0.417 bits per heavy atom. The molecular formula is C45H31BrN2. The van der Waals surface area contributed by atoms with E-state index in [1.54, 1.807) is 0 Å². The Morgan fingerprint density at radius 3 is 1.71 bits per heavy atom. The Labute approximate surface area is 288 Å². The van der Waals surface area contributed by atoms with Crippen molar-refractivity contribution < 1.29 is 0 Å². The monoisotopic (exact) mass is 678 g/mol. The number of hydrogen-bond acceptors (Lipinski definition) is 0. The molecule has 48 heavy (non-hydrogen) atoms. The van der Waals surface area contributed by atoms with E-state index in [4.69, 9.17) is 0 Å². The van der Waals surface area contributed by atoms with Crippen molar-refractivity contribution in [1.29, 1.82) is 0 Å². The van der Waals surface area contributed by atoms with Gasteiger partial charge in [-0.1, -0.05) is 143 Å². The molecule has 2 aromatic heterocycles. The number of aromatic nitrogens is 2. The van der Waals surface area contributed by atoms with Gasteiger partial charge in [0, 0.05) is 43.9 Å². The second-order valence-electron chi connectivity index (χ2n) is 12.3. The molecule has 0 atom stereocenters. The van der Waals surface area contributed by atoms with Gasteiger partial charge in [-0.25, -0.2) is 0 Å². The molecule has 0 amide bonds. The Morgan fingerprint density at radius 2 is 0.979 bits per heavy atom. The molecule has 9 rings (SSSR count). The molecule has 0 aliphatic carbocycles. The zero-order chi connectivity index (χ0) is 32.0. The van der Waals surface area contributed by atoms with E-state index in [0.717, 1.165) is 11.0 Å². The van der Waals surface area contributed by atoms with Gasteiger partial charge < -0.3 is 9.13 Å². The highest BCUT2D eigenvalue weighted by molar-refractivity contribution is 9.10. The highest BCUT2D eigenvalue weighted by Gasteiger charge is 2.22. The third kappa shape index (κ3) is 4.78. The van der Waals surface area contributed by atoms with Crippen molar-refractivity contribution in [2.45, 2.75) is 6.54 Å². The van der Waals surface area contributed by atoms with Crippen molar-refractivity contribution in [1.82, 2.24) is 9.13 Å². The predicted octanol–water partition coefficient (Wildman–Crippen LogP) is 12.6. The van der Waals surface area contributed by atoms with E-state index >= 15 is 0 Å². The molecule has 2 nitrogen and oxygen atoms in total. The summed E-state index contributed by atoms with van der Waals surface area (Å²) in [6.45, 7) is 0.749. The van der Waals surface area contributed by atoms with Crippen LogP contribution in [0.25, 0.3) is 71.9 Å². The number of halogens is 1. The molecule has 0 unspecified atom stereocenters. The van der Waals surface area contributed by atoms with Gasteiger partial charge in [-0.15, -0.1) is 0 Å². The summed E-state index contributed by atoms with van der Waals surface area (Å²) in [6, 6.07) is 63.5. The molecule has 0 spiro atoms. The van der Waals surface area contributed by atoms with Gasteiger partial charge in [0.2, 0.25) is 0 Å². The highest BCUT2D eigenvalue weighted by Crippen LogP contribution is 2.44. The van der Waals surface area contributed by atoms with Crippen LogP contribution in [0.5, 0.6) is 0 Å². The Balaban J connectivity index is 1.30. The first-order valence-electron chi connectivity index (χ1n) is 16.3. The molecule has 7 aromatic carbocycles. The minimum Gasteiger partial charge on any atom is -0.335 e. The maximum atomic E-state index is 3.83. The molecule has 0 aliphatic heterocycles. The van der Waals surface area contributed by atoms with Gasteiger partial charge in [0.05, 0.1) is 16.7 Å². The predicted molar refractivity (Wildman–Crippen MR) is 206 cm³/mol. The minimum atomic E-state index is 0.749. The maximum Gasteiger partial charge on any atom is 0.0574 e. The fourth-order valence-electron chi connectivity index (χ4n) is 7.30. The molecule has 228 valence electrons. The Hall–Kier alpha value is -5.64. The summed E-state index contributed by atoms with van der Waals surface area (Å²) >= 11 is 3.83. The van der Waals surface area contributed by atoms with Crippen LogP contribution in [0.15, 0.2) is 180 Å². The zero-order valence-corrected chi connectivity index (χ0v) is 27.8. The van der Waals surface area contributed by atoms with Crippen molar-refractivity contribution in [3.8, 4) is 39.2 Å². The molecule has 9 aromatic rings. The van der Waals surface area contributed by atoms with Crippen LogP contribution in [0.3, 0.4) is 0 Å². The second-order valence-corrected chi connectivity index (χ2v) is 13.1. The van der Waals surface area contributed by atoms with Crippen LogP contribution >= 0.6 is 15.9 Å². The average molecular weight is 680 g/mol. The third-order valence-electron chi connectivity index (χ3n) is 9.48. The lowest BCUT2D eigenvalue weighted by Gasteiger charge is -2.14. The highest BCUT2D eigenvalue weighted by atomic mass is 79.9. The fourth-order valence-corrected chi connectivity index (χ4v) is 7.71. The van der Waals surface area contributed by atoms with E-state index in [0.29, 0.717) is 0 Å². The number of hydrogen-bond donors (Lipinski definition) is 0. The number of para-hydroxylation sites is 2. The molecule has 0 bridgehead atoms. The van der Waals surface area contributed by atoms with Crippen LogP contribution in [0, 0.1) is 0 Å². The number of fused-ring (bicyclic) bond motifs is 4. The van der Waals surface area contributed by atoms with Gasteiger partial charge in [-0.3, -0.25) is 0 Å². The van der Waals surface area contributed by atoms with Crippen molar-refractivity contribution in [2.24, 2.45) is 0 Å². The molecular weight excluding hydrogens is 648 g/mol. The van der Waals surface area contributed by atoms with Gasteiger partial charge >= 0.3 is 0 Å². The first-order valence-corrected chi connectivity index (χ1v) is 17.1. The van der Waals surface area contributed by atoms with Crippen molar-refractivity contribution in [2.75, 3.05) is 0 Å². The summed E-state index contributed by atoms with van der Waals surface area (Å²) in [6.07, 6.45) is 0. The van der Waals surface area contributed by atoms with E-state index in [2.05, 4.69) is 201 Å². The van der Waals surface area contributed by atoms with E-state index in [1.165, 1.54) is 77.5 Å². The summed E-state index contributed by atoms with van der Waals surface area (Å²) in [5, 5.41) is 3.76. The fraction of sp³-hybridized carbons (Fsp3) is 0.0222. The van der Waals surface area contributed by atoms with E-state index in [-0.39, 0.29) is 0 Å². The van der Waals surface area contributed by atoms with Gasteiger partial charge in [0.1, 0.15) is 0 Å². The van der Waals surface area contributed by atoms with Crippen LogP contribution in [0.2, 0.25) is 0 Å². The molecule has 2 heterocycles. The smallest absolute Gasteiger partial charge is 0.0574 e. The molecule has 0 fully saturated rings. The van der Waals surface area contributed by atoms with Crippen molar-refractivity contribution in [3.05, 3.63) is 186 Å². The van der Waals surface area contributed by atoms with Crippen molar-refractivity contribution >= 4 is 48.6 Å².